The average molecular weight is 284 g/mol. The first-order valence-corrected chi connectivity index (χ1v) is 6.20. The number of hydrogen-bond acceptors (Lipinski definition) is 2. The van der Waals surface area contributed by atoms with E-state index in [0.717, 1.165) is 28.4 Å². The molecule has 1 aromatic rings. The number of aldehydes is 1. The molecule has 0 bridgehead atoms. The highest BCUT2D eigenvalue weighted by atomic mass is 79.9. The Morgan fingerprint density at radius 2 is 2.06 bits per heavy atom. The van der Waals surface area contributed by atoms with Gasteiger partial charge in [0.15, 0.2) is 6.29 Å². The van der Waals surface area contributed by atoms with E-state index in [-0.39, 0.29) is 5.54 Å². The molecule has 0 aliphatic carbocycles. The van der Waals surface area contributed by atoms with Crippen molar-refractivity contribution in [3.8, 4) is 0 Å². The Hall–Kier alpha value is -0.830. The first-order valence-electron chi connectivity index (χ1n) is 5.41. The second-order valence-electron chi connectivity index (χ2n) is 4.55. The minimum atomic E-state index is 0.0472. The molecule has 3 heteroatoms. The van der Waals surface area contributed by atoms with Gasteiger partial charge in [0.25, 0.3) is 0 Å². The van der Waals surface area contributed by atoms with Crippen LogP contribution in [0.4, 0.5) is 5.69 Å². The Morgan fingerprint density at radius 1 is 1.44 bits per heavy atom. The van der Waals surface area contributed by atoms with Crippen LogP contribution in [-0.4, -0.2) is 18.9 Å². The fraction of sp³-hybridized carbons (Fsp3) is 0.462. The second kappa shape index (κ2) is 5.00. The van der Waals surface area contributed by atoms with Crippen LogP contribution >= 0.6 is 15.9 Å². The van der Waals surface area contributed by atoms with Crippen LogP contribution in [0.5, 0.6) is 0 Å². The van der Waals surface area contributed by atoms with E-state index in [9.17, 15) is 4.79 Å². The van der Waals surface area contributed by atoms with Crippen LogP contribution in [0.25, 0.3) is 0 Å². The predicted molar refractivity (Wildman–Crippen MR) is 72.3 cm³/mol. The molecule has 2 nitrogen and oxygen atoms in total. The molecule has 0 saturated heterocycles. The summed E-state index contributed by atoms with van der Waals surface area (Å²) >= 11 is 3.38. The lowest BCUT2D eigenvalue weighted by Gasteiger charge is -2.37. The van der Waals surface area contributed by atoms with Crippen molar-refractivity contribution < 1.29 is 4.79 Å². The van der Waals surface area contributed by atoms with Crippen LogP contribution in [0.1, 0.15) is 37.6 Å². The number of anilines is 1. The molecule has 0 atom stereocenters. The number of carbonyl (C=O) groups excluding carboxylic acids is 1. The maximum atomic E-state index is 11.1. The average Bonchev–Trinajstić information content (AvgIpc) is 2.27. The minimum Gasteiger partial charge on any atom is -0.369 e. The SMILES string of the molecule is CCC(C)(C)N(C)c1ccc(Br)cc1C=O. The van der Waals surface area contributed by atoms with Crippen LogP contribution in [0.15, 0.2) is 22.7 Å². The summed E-state index contributed by atoms with van der Waals surface area (Å²) in [6.45, 7) is 6.49. The highest BCUT2D eigenvalue weighted by Gasteiger charge is 2.23. The molecule has 1 rings (SSSR count). The van der Waals surface area contributed by atoms with E-state index in [1.54, 1.807) is 0 Å². The van der Waals surface area contributed by atoms with Crippen LogP contribution in [0.3, 0.4) is 0 Å². The quantitative estimate of drug-likeness (QED) is 0.782. The summed E-state index contributed by atoms with van der Waals surface area (Å²) in [6, 6.07) is 5.79. The molecule has 88 valence electrons. The van der Waals surface area contributed by atoms with Gasteiger partial charge >= 0.3 is 0 Å². The molecular weight excluding hydrogens is 266 g/mol. The third kappa shape index (κ3) is 2.64. The number of benzene rings is 1. The zero-order valence-electron chi connectivity index (χ0n) is 10.2. The van der Waals surface area contributed by atoms with Crippen molar-refractivity contribution in [3.05, 3.63) is 28.2 Å². The van der Waals surface area contributed by atoms with Crippen molar-refractivity contribution in [3.63, 3.8) is 0 Å². The molecule has 1 aromatic carbocycles. The highest BCUT2D eigenvalue weighted by molar-refractivity contribution is 9.10. The first-order chi connectivity index (χ1) is 7.42. The molecule has 0 saturated carbocycles. The van der Waals surface area contributed by atoms with Crippen LogP contribution in [0, 0.1) is 0 Å². The zero-order valence-corrected chi connectivity index (χ0v) is 11.8. The zero-order chi connectivity index (χ0) is 12.3. The second-order valence-corrected chi connectivity index (χ2v) is 5.46. The van der Waals surface area contributed by atoms with Gasteiger partial charge in [-0.05, 0) is 38.5 Å². The monoisotopic (exact) mass is 283 g/mol. The van der Waals surface area contributed by atoms with Gasteiger partial charge in [0.2, 0.25) is 0 Å². The van der Waals surface area contributed by atoms with Crippen molar-refractivity contribution in [1.29, 1.82) is 0 Å². The summed E-state index contributed by atoms with van der Waals surface area (Å²) in [6.07, 6.45) is 1.93. The molecule has 16 heavy (non-hydrogen) atoms. The van der Waals surface area contributed by atoms with E-state index in [4.69, 9.17) is 0 Å². The smallest absolute Gasteiger partial charge is 0.152 e. The third-order valence-electron chi connectivity index (χ3n) is 3.25. The Morgan fingerprint density at radius 3 is 2.56 bits per heavy atom. The lowest BCUT2D eigenvalue weighted by atomic mass is 9.98. The van der Waals surface area contributed by atoms with E-state index in [1.807, 2.05) is 25.2 Å². The Kier molecular flexibility index (Phi) is 4.14. The molecule has 0 unspecified atom stereocenters. The maximum Gasteiger partial charge on any atom is 0.152 e. The topological polar surface area (TPSA) is 20.3 Å². The van der Waals surface area contributed by atoms with E-state index >= 15 is 0 Å². The van der Waals surface area contributed by atoms with Gasteiger partial charge in [0.05, 0.1) is 0 Å². The summed E-state index contributed by atoms with van der Waals surface area (Å²) in [5.41, 5.74) is 1.74. The van der Waals surface area contributed by atoms with Gasteiger partial charge < -0.3 is 4.90 Å². The van der Waals surface area contributed by atoms with Gasteiger partial charge in [-0.1, -0.05) is 22.9 Å². The number of halogens is 1. The lowest BCUT2D eigenvalue weighted by molar-refractivity contribution is 0.112. The van der Waals surface area contributed by atoms with E-state index in [1.165, 1.54) is 0 Å². The van der Waals surface area contributed by atoms with Crippen molar-refractivity contribution >= 4 is 27.9 Å². The van der Waals surface area contributed by atoms with Crippen molar-refractivity contribution in [1.82, 2.24) is 0 Å². The summed E-state index contributed by atoms with van der Waals surface area (Å²) in [5.74, 6) is 0. The van der Waals surface area contributed by atoms with Gasteiger partial charge in [-0.15, -0.1) is 0 Å². The van der Waals surface area contributed by atoms with Gasteiger partial charge in [-0.3, -0.25) is 4.79 Å². The van der Waals surface area contributed by atoms with Crippen molar-refractivity contribution in [2.24, 2.45) is 0 Å². The molecular formula is C13H18BrNO. The van der Waals surface area contributed by atoms with Gasteiger partial charge in [0.1, 0.15) is 0 Å². The Balaban J connectivity index is 3.18. The van der Waals surface area contributed by atoms with Gasteiger partial charge in [-0.25, -0.2) is 0 Å². The van der Waals surface area contributed by atoms with Crippen LogP contribution in [-0.2, 0) is 0 Å². The van der Waals surface area contributed by atoms with Gasteiger partial charge in [0, 0.05) is 28.3 Å². The number of nitrogens with zero attached hydrogens (tertiary/aromatic N) is 1. The standard InChI is InChI=1S/C13H18BrNO/c1-5-13(2,3)15(4)12-7-6-11(14)8-10(12)9-16/h6-9H,5H2,1-4H3. The minimum absolute atomic E-state index is 0.0472. The number of hydrogen-bond donors (Lipinski definition) is 0. The molecule has 0 aromatic heterocycles. The van der Waals surface area contributed by atoms with E-state index < -0.39 is 0 Å². The van der Waals surface area contributed by atoms with E-state index in [0.29, 0.717) is 0 Å². The van der Waals surface area contributed by atoms with Crippen molar-refractivity contribution in [2.75, 3.05) is 11.9 Å². The highest BCUT2D eigenvalue weighted by Crippen LogP contribution is 2.29. The summed E-state index contributed by atoms with van der Waals surface area (Å²) < 4.78 is 0.932. The Bertz CT molecular complexity index is 388. The predicted octanol–water partition coefficient (Wildman–Crippen LogP) is 3.89. The number of rotatable bonds is 4. The molecule has 0 amide bonds. The molecule has 0 heterocycles. The largest absolute Gasteiger partial charge is 0.369 e. The summed E-state index contributed by atoms with van der Waals surface area (Å²) in [7, 11) is 2.03. The van der Waals surface area contributed by atoms with Crippen LogP contribution < -0.4 is 4.90 Å². The van der Waals surface area contributed by atoms with Crippen molar-refractivity contribution in [2.45, 2.75) is 32.7 Å². The number of carbonyl (C=O) groups is 1. The van der Waals surface area contributed by atoms with Crippen LogP contribution in [0.2, 0.25) is 0 Å². The molecule has 0 fully saturated rings. The maximum absolute atomic E-state index is 11.1. The first kappa shape index (κ1) is 13.2. The lowest BCUT2D eigenvalue weighted by Crippen LogP contribution is -2.41. The summed E-state index contributed by atoms with van der Waals surface area (Å²) in [5, 5.41) is 0. The Labute approximate surface area is 106 Å². The fourth-order valence-corrected chi connectivity index (χ4v) is 1.87. The molecule has 0 N–H and O–H groups in total. The van der Waals surface area contributed by atoms with E-state index in [2.05, 4.69) is 41.6 Å². The molecule has 0 radical (unpaired) electrons. The third-order valence-corrected chi connectivity index (χ3v) is 3.74. The normalized spacial score (nSPS) is 11.3. The van der Waals surface area contributed by atoms with Gasteiger partial charge in [-0.2, -0.15) is 0 Å². The fourth-order valence-electron chi connectivity index (χ4n) is 1.49. The molecule has 0 aliphatic rings. The summed E-state index contributed by atoms with van der Waals surface area (Å²) in [4.78, 5) is 13.2. The molecule has 0 spiro atoms. The molecule has 0 aliphatic heterocycles.